The van der Waals surface area contributed by atoms with Crippen LogP contribution in [0.4, 0.5) is 5.69 Å². The van der Waals surface area contributed by atoms with Crippen LogP contribution >= 0.6 is 11.8 Å². The highest BCUT2D eigenvalue weighted by Gasteiger charge is 2.51. The molecule has 25 heavy (non-hydrogen) atoms. The van der Waals surface area contributed by atoms with Gasteiger partial charge in [-0.3, -0.25) is 9.59 Å². The summed E-state index contributed by atoms with van der Waals surface area (Å²) < 4.78 is 5.51. The number of esters is 1. The number of anilines is 1. The lowest BCUT2D eigenvalue weighted by Crippen LogP contribution is -2.48. The maximum atomic E-state index is 12.2. The van der Waals surface area contributed by atoms with E-state index in [1.807, 2.05) is 24.3 Å². The molecule has 1 amide bonds. The van der Waals surface area contributed by atoms with Crippen molar-refractivity contribution < 1.29 is 14.3 Å². The van der Waals surface area contributed by atoms with Crippen LogP contribution < -0.4 is 5.32 Å². The molecule has 3 atom stereocenters. The van der Waals surface area contributed by atoms with E-state index in [2.05, 4.69) is 25.2 Å². The first kappa shape index (κ1) is 16.7. The summed E-state index contributed by atoms with van der Waals surface area (Å²) in [4.78, 5) is 25.4. The van der Waals surface area contributed by atoms with Crippen molar-refractivity contribution in [3.05, 3.63) is 35.9 Å². The van der Waals surface area contributed by atoms with Crippen LogP contribution in [-0.4, -0.2) is 23.7 Å². The minimum Gasteiger partial charge on any atom is -0.461 e. The molecule has 1 saturated carbocycles. The van der Waals surface area contributed by atoms with Crippen LogP contribution in [-0.2, 0) is 14.3 Å². The molecular weight excluding hydrogens is 334 g/mol. The summed E-state index contributed by atoms with van der Waals surface area (Å²) in [6, 6.07) is 7.65. The largest absolute Gasteiger partial charge is 0.461 e. The molecule has 2 bridgehead atoms. The standard InChI is InChI=1S/C20H23NO3S/c1-20(2)13-8-7-12(14(20)9-13)11-24-18(22)10-17-19(23)21-15-5-3-4-6-16(15)25-17/h3-7,13-14,17H,8-11H2,1-2H3,(H,21,23)/t13-,14-,17?/m0/s1. The van der Waals surface area contributed by atoms with Crippen LogP contribution in [0.5, 0.6) is 0 Å². The number of rotatable bonds is 4. The highest BCUT2D eigenvalue weighted by Crippen LogP contribution is 2.59. The molecule has 0 spiro atoms. The second-order valence-corrected chi connectivity index (χ2v) is 9.02. The summed E-state index contributed by atoms with van der Waals surface area (Å²) in [6.45, 7) is 4.98. The van der Waals surface area contributed by atoms with Gasteiger partial charge in [0.25, 0.3) is 0 Å². The van der Waals surface area contributed by atoms with Crippen LogP contribution in [0.1, 0.15) is 33.1 Å². The normalized spacial score (nSPS) is 29.0. The molecule has 1 aromatic rings. The van der Waals surface area contributed by atoms with Gasteiger partial charge in [-0.1, -0.05) is 32.1 Å². The van der Waals surface area contributed by atoms with Crippen molar-refractivity contribution in [2.24, 2.45) is 17.3 Å². The van der Waals surface area contributed by atoms with Gasteiger partial charge in [0.15, 0.2) is 0 Å². The summed E-state index contributed by atoms with van der Waals surface area (Å²) in [5.41, 5.74) is 2.41. The van der Waals surface area contributed by atoms with Gasteiger partial charge >= 0.3 is 5.97 Å². The third kappa shape index (κ3) is 2.99. The Morgan fingerprint density at radius 1 is 1.36 bits per heavy atom. The number of fused-ring (bicyclic) bond motifs is 2. The Kier molecular flexibility index (Phi) is 4.14. The third-order valence-corrected chi connectivity index (χ3v) is 7.32. The van der Waals surface area contributed by atoms with E-state index in [-0.39, 0.29) is 18.3 Å². The number of carbonyl (C=O) groups is 2. The fraction of sp³-hybridized carbons (Fsp3) is 0.500. The Labute approximate surface area is 152 Å². The molecule has 0 saturated heterocycles. The Hall–Kier alpha value is -1.75. The van der Waals surface area contributed by atoms with E-state index in [1.54, 1.807) is 0 Å². The van der Waals surface area contributed by atoms with Crippen molar-refractivity contribution in [1.82, 2.24) is 0 Å². The van der Waals surface area contributed by atoms with Gasteiger partial charge in [0, 0.05) is 4.90 Å². The van der Waals surface area contributed by atoms with E-state index in [1.165, 1.54) is 23.8 Å². The molecule has 5 rings (SSSR count). The van der Waals surface area contributed by atoms with Crippen molar-refractivity contribution in [1.29, 1.82) is 0 Å². The minimum atomic E-state index is -0.424. The van der Waals surface area contributed by atoms with Gasteiger partial charge in [0.2, 0.25) is 5.91 Å². The number of ether oxygens (including phenoxy) is 1. The second-order valence-electron chi connectivity index (χ2n) is 7.78. The molecule has 0 radical (unpaired) electrons. The van der Waals surface area contributed by atoms with Gasteiger partial charge in [-0.05, 0) is 47.8 Å². The van der Waals surface area contributed by atoms with E-state index in [9.17, 15) is 9.59 Å². The molecule has 5 heteroatoms. The molecule has 3 aliphatic carbocycles. The summed E-state index contributed by atoms with van der Waals surface area (Å²) in [6.07, 6.45) is 4.66. The van der Waals surface area contributed by atoms with Gasteiger partial charge in [0.05, 0.1) is 17.4 Å². The molecule has 1 heterocycles. The van der Waals surface area contributed by atoms with E-state index in [4.69, 9.17) is 4.74 Å². The first-order chi connectivity index (χ1) is 11.9. The molecule has 0 aromatic heterocycles. The smallest absolute Gasteiger partial charge is 0.307 e. The highest BCUT2D eigenvalue weighted by atomic mass is 32.2. The van der Waals surface area contributed by atoms with E-state index < -0.39 is 5.25 Å². The quantitative estimate of drug-likeness (QED) is 0.653. The Bertz CT molecular complexity index is 755. The van der Waals surface area contributed by atoms with Gasteiger partial charge in [0.1, 0.15) is 6.61 Å². The van der Waals surface area contributed by atoms with E-state index in [0.717, 1.165) is 22.9 Å². The number of thioether (sulfide) groups is 1. The number of nitrogens with one attached hydrogen (secondary N) is 1. The monoisotopic (exact) mass is 357 g/mol. The zero-order chi connectivity index (χ0) is 17.6. The molecule has 1 N–H and O–H groups in total. The Morgan fingerprint density at radius 3 is 2.92 bits per heavy atom. The summed E-state index contributed by atoms with van der Waals surface area (Å²) in [5, 5.41) is 2.44. The van der Waals surface area contributed by atoms with Crippen molar-refractivity contribution in [2.75, 3.05) is 11.9 Å². The van der Waals surface area contributed by atoms with Crippen molar-refractivity contribution in [2.45, 2.75) is 43.3 Å². The summed E-state index contributed by atoms with van der Waals surface area (Å²) in [7, 11) is 0. The van der Waals surface area contributed by atoms with Crippen LogP contribution in [0, 0.1) is 17.3 Å². The van der Waals surface area contributed by atoms with Gasteiger partial charge in [-0.2, -0.15) is 0 Å². The predicted octanol–water partition coefficient (Wildman–Crippen LogP) is 4.03. The van der Waals surface area contributed by atoms with E-state index in [0.29, 0.717) is 17.9 Å². The average Bonchev–Trinajstić information content (AvgIpc) is 2.60. The van der Waals surface area contributed by atoms with Crippen LogP contribution in [0.15, 0.2) is 40.8 Å². The van der Waals surface area contributed by atoms with Gasteiger partial charge in [-0.15, -0.1) is 11.8 Å². The van der Waals surface area contributed by atoms with Crippen LogP contribution in [0.2, 0.25) is 0 Å². The lowest BCUT2D eigenvalue weighted by Gasteiger charge is -2.56. The zero-order valence-electron chi connectivity index (χ0n) is 14.6. The van der Waals surface area contributed by atoms with E-state index >= 15 is 0 Å². The maximum Gasteiger partial charge on any atom is 0.307 e. The van der Waals surface area contributed by atoms with Crippen molar-refractivity contribution >= 4 is 29.3 Å². The number of amides is 1. The number of carbonyl (C=O) groups excluding carboxylic acids is 2. The van der Waals surface area contributed by atoms with Gasteiger partial charge in [-0.25, -0.2) is 0 Å². The van der Waals surface area contributed by atoms with Gasteiger partial charge < -0.3 is 10.1 Å². The SMILES string of the molecule is CC1(C)[C@H]2CC=C(COC(=O)CC3Sc4ccccc4NC3=O)[C@@H]1C2. The summed E-state index contributed by atoms with van der Waals surface area (Å²) >= 11 is 1.44. The van der Waals surface area contributed by atoms with Crippen molar-refractivity contribution in [3.8, 4) is 0 Å². The predicted molar refractivity (Wildman–Crippen MR) is 98.4 cm³/mol. The third-order valence-electron chi connectivity index (χ3n) is 6.04. The molecule has 1 unspecified atom stereocenters. The highest BCUT2D eigenvalue weighted by molar-refractivity contribution is 8.01. The molecule has 1 aliphatic heterocycles. The fourth-order valence-corrected chi connectivity index (χ4v) is 5.34. The number of benzene rings is 1. The van der Waals surface area contributed by atoms with Crippen LogP contribution in [0.3, 0.4) is 0 Å². The zero-order valence-corrected chi connectivity index (χ0v) is 15.4. The molecule has 1 fully saturated rings. The molecule has 132 valence electrons. The molecular formula is C20H23NO3S. The first-order valence-electron chi connectivity index (χ1n) is 8.86. The molecule has 4 nitrogen and oxygen atoms in total. The molecule has 1 aromatic carbocycles. The minimum absolute atomic E-state index is 0.106. The Balaban J connectivity index is 1.33. The lowest BCUT2D eigenvalue weighted by molar-refractivity contribution is -0.144. The Morgan fingerprint density at radius 2 is 2.16 bits per heavy atom. The fourth-order valence-electron chi connectivity index (χ4n) is 4.24. The lowest BCUT2D eigenvalue weighted by atomic mass is 9.49. The summed E-state index contributed by atoms with van der Waals surface area (Å²) in [5.74, 6) is 0.894. The van der Waals surface area contributed by atoms with Crippen LogP contribution in [0.25, 0.3) is 0 Å². The number of allylic oxidation sites excluding steroid dienone is 1. The number of hydrogen-bond donors (Lipinski definition) is 1. The van der Waals surface area contributed by atoms with Crippen molar-refractivity contribution in [3.63, 3.8) is 0 Å². The maximum absolute atomic E-state index is 12.2. The molecule has 4 aliphatic rings. The average molecular weight is 357 g/mol. The number of para-hydroxylation sites is 1. The first-order valence-corrected chi connectivity index (χ1v) is 9.74. The topological polar surface area (TPSA) is 55.4 Å². The number of hydrogen-bond acceptors (Lipinski definition) is 4. The second kappa shape index (κ2) is 6.20.